The van der Waals surface area contributed by atoms with Crippen LogP contribution in [0.5, 0.6) is 5.75 Å². The fraction of sp³-hybridized carbons (Fsp3) is 0.167. The van der Waals surface area contributed by atoms with Crippen LogP contribution in [0.3, 0.4) is 0 Å². The van der Waals surface area contributed by atoms with Crippen molar-refractivity contribution in [2.75, 3.05) is 5.32 Å². The zero-order valence-electron chi connectivity index (χ0n) is 19.6. The number of carbonyl (C=O) groups excluding carboxylic acids is 2. The number of aldehydes is 1. The van der Waals surface area contributed by atoms with E-state index in [4.69, 9.17) is 11.6 Å². The molecule has 3 aromatic carbocycles. The van der Waals surface area contributed by atoms with E-state index in [1.54, 1.807) is 24.4 Å². The molecule has 1 aromatic heterocycles. The smallest absolute Gasteiger partial charge is 0.235 e. The number of aromatic nitrogens is 1. The third kappa shape index (κ3) is 3.42. The Morgan fingerprint density at radius 2 is 1.94 bits per heavy atom. The van der Waals surface area contributed by atoms with Crippen LogP contribution in [-0.2, 0) is 21.4 Å². The van der Waals surface area contributed by atoms with E-state index in [2.05, 4.69) is 22.4 Å². The van der Waals surface area contributed by atoms with E-state index in [9.17, 15) is 14.7 Å². The second-order valence-corrected chi connectivity index (χ2v) is 9.97. The minimum Gasteiger partial charge on any atom is -0.507 e. The van der Waals surface area contributed by atoms with Gasteiger partial charge in [0.2, 0.25) is 5.91 Å². The summed E-state index contributed by atoms with van der Waals surface area (Å²) >= 11 is 6.65. The molecule has 2 atom stereocenters. The lowest BCUT2D eigenvalue weighted by Crippen LogP contribution is -2.21. The quantitative estimate of drug-likeness (QED) is 0.324. The van der Waals surface area contributed by atoms with Gasteiger partial charge >= 0.3 is 0 Å². The highest BCUT2D eigenvalue weighted by Gasteiger charge is 2.65. The van der Waals surface area contributed by atoms with Gasteiger partial charge in [-0.05, 0) is 59.9 Å². The number of phenolic OH excluding ortho intramolecular Hbond substituents is 1. The van der Waals surface area contributed by atoms with Crippen LogP contribution in [0.2, 0.25) is 5.02 Å². The molecule has 6 rings (SSSR count). The summed E-state index contributed by atoms with van der Waals surface area (Å²) in [6, 6.07) is 20.8. The van der Waals surface area contributed by atoms with Crippen molar-refractivity contribution in [3.63, 3.8) is 0 Å². The van der Waals surface area contributed by atoms with Crippen molar-refractivity contribution in [2.24, 2.45) is 0 Å². The number of anilines is 1. The standard InChI is InChI=1S/C30H23ClN2O3/c1-17-6-7-19(12-18(17)10-11-34)24-15-30(24)23-13-22(25(31)14-27(23)33-29(30)36)26-9-8-20(16-32-26)21-4-2-3-5-28(21)35/h2-9,11-14,16,24,35H,10,15H2,1H3,(H,33,36). The van der Waals surface area contributed by atoms with E-state index >= 15 is 0 Å². The highest BCUT2D eigenvalue weighted by molar-refractivity contribution is 6.34. The third-order valence-corrected chi connectivity index (χ3v) is 7.85. The Labute approximate surface area is 213 Å². The Morgan fingerprint density at radius 1 is 1.11 bits per heavy atom. The van der Waals surface area contributed by atoms with Gasteiger partial charge in [-0.25, -0.2) is 0 Å². The van der Waals surface area contributed by atoms with Crippen LogP contribution in [0.15, 0.2) is 72.9 Å². The van der Waals surface area contributed by atoms with Gasteiger partial charge in [0.25, 0.3) is 0 Å². The van der Waals surface area contributed by atoms with E-state index in [1.807, 2.05) is 43.3 Å². The van der Waals surface area contributed by atoms with Gasteiger partial charge in [-0.3, -0.25) is 9.78 Å². The molecule has 0 saturated heterocycles. The second-order valence-electron chi connectivity index (χ2n) is 9.57. The minimum absolute atomic E-state index is 0.0175. The fourth-order valence-electron chi connectivity index (χ4n) is 5.46. The number of halogens is 1. The number of hydrogen-bond donors (Lipinski definition) is 2. The van der Waals surface area contributed by atoms with E-state index < -0.39 is 5.41 Å². The molecule has 2 unspecified atom stereocenters. The molecule has 1 spiro atoms. The maximum Gasteiger partial charge on any atom is 0.235 e. The highest BCUT2D eigenvalue weighted by Crippen LogP contribution is 2.65. The number of nitrogens with zero attached hydrogens (tertiary/aromatic N) is 1. The highest BCUT2D eigenvalue weighted by atomic mass is 35.5. The molecule has 1 saturated carbocycles. The topological polar surface area (TPSA) is 79.3 Å². The Hall–Kier alpha value is -3.96. The number of para-hydroxylation sites is 1. The van der Waals surface area contributed by atoms with E-state index in [0.717, 1.165) is 45.4 Å². The van der Waals surface area contributed by atoms with Gasteiger partial charge in [-0.1, -0.05) is 54.1 Å². The van der Waals surface area contributed by atoms with Gasteiger partial charge in [0.15, 0.2) is 0 Å². The second kappa shape index (κ2) is 8.32. The van der Waals surface area contributed by atoms with Gasteiger partial charge in [0.1, 0.15) is 12.0 Å². The van der Waals surface area contributed by atoms with Gasteiger partial charge in [0.05, 0.1) is 16.1 Å². The molecule has 2 heterocycles. The summed E-state index contributed by atoms with van der Waals surface area (Å²) in [5.74, 6) is 0.215. The number of aromatic hydroxyl groups is 1. The largest absolute Gasteiger partial charge is 0.507 e. The summed E-state index contributed by atoms with van der Waals surface area (Å²) < 4.78 is 0. The van der Waals surface area contributed by atoms with Crippen molar-refractivity contribution in [2.45, 2.75) is 31.1 Å². The molecule has 1 amide bonds. The first-order valence-corrected chi connectivity index (χ1v) is 12.2. The van der Waals surface area contributed by atoms with Gasteiger partial charge in [-0.2, -0.15) is 0 Å². The number of pyridine rings is 1. The molecule has 2 N–H and O–H groups in total. The summed E-state index contributed by atoms with van der Waals surface area (Å²) in [4.78, 5) is 29.0. The van der Waals surface area contributed by atoms with Crippen LogP contribution >= 0.6 is 11.6 Å². The molecule has 5 nitrogen and oxygen atoms in total. The normalized spacial score (nSPS) is 19.7. The lowest BCUT2D eigenvalue weighted by molar-refractivity contribution is -0.118. The summed E-state index contributed by atoms with van der Waals surface area (Å²) in [5.41, 5.74) is 7.12. The molecular weight excluding hydrogens is 472 g/mol. The first kappa shape index (κ1) is 22.5. The minimum atomic E-state index is -0.641. The number of rotatable bonds is 5. The molecule has 1 fully saturated rings. The van der Waals surface area contributed by atoms with Crippen LogP contribution in [0.1, 0.15) is 34.6 Å². The number of nitrogens with one attached hydrogen (secondary N) is 1. The maximum atomic E-state index is 13.2. The number of amides is 1. The van der Waals surface area contributed by atoms with E-state index in [-0.39, 0.29) is 17.6 Å². The van der Waals surface area contributed by atoms with Crippen LogP contribution in [-0.4, -0.2) is 22.3 Å². The maximum absolute atomic E-state index is 13.2. The summed E-state index contributed by atoms with van der Waals surface area (Å²) in [6.07, 6.45) is 3.70. The Balaban J connectivity index is 1.37. The number of benzene rings is 3. The summed E-state index contributed by atoms with van der Waals surface area (Å²) in [7, 11) is 0. The van der Waals surface area contributed by atoms with Crippen molar-refractivity contribution in [1.29, 1.82) is 0 Å². The molecule has 6 heteroatoms. The average Bonchev–Trinajstić information content (AvgIpc) is 3.57. The van der Waals surface area contributed by atoms with Crippen LogP contribution in [0, 0.1) is 6.92 Å². The summed E-state index contributed by atoms with van der Waals surface area (Å²) in [5, 5.41) is 13.7. The average molecular weight is 495 g/mol. The Morgan fingerprint density at radius 3 is 2.69 bits per heavy atom. The molecule has 36 heavy (non-hydrogen) atoms. The van der Waals surface area contributed by atoms with Gasteiger partial charge < -0.3 is 15.2 Å². The number of carbonyl (C=O) groups is 2. The fourth-order valence-corrected chi connectivity index (χ4v) is 5.72. The van der Waals surface area contributed by atoms with Crippen molar-refractivity contribution in [1.82, 2.24) is 4.98 Å². The van der Waals surface area contributed by atoms with E-state index in [0.29, 0.717) is 29.1 Å². The molecule has 0 radical (unpaired) electrons. The van der Waals surface area contributed by atoms with Crippen molar-refractivity contribution < 1.29 is 14.7 Å². The third-order valence-electron chi connectivity index (χ3n) is 7.54. The molecule has 178 valence electrons. The zero-order valence-corrected chi connectivity index (χ0v) is 20.3. The van der Waals surface area contributed by atoms with Crippen molar-refractivity contribution >= 4 is 29.5 Å². The first-order chi connectivity index (χ1) is 17.4. The predicted molar refractivity (Wildman–Crippen MR) is 140 cm³/mol. The monoisotopic (exact) mass is 494 g/mol. The van der Waals surface area contributed by atoms with Crippen LogP contribution < -0.4 is 5.32 Å². The Kier molecular flexibility index (Phi) is 5.20. The predicted octanol–water partition coefficient (Wildman–Crippen LogP) is 6.20. The number of hydrogen-bond acceptors (Lipinski definition) is 4. The van der Waals surface area contributed by atoms with Crippen molar-refractivity contribution in [3.05, 3.63) is 100 Å². The molecule has 1 aliphatic heterocycles. The zero-order chi connectivity index (χ0) is 25.0. The molecule has 1 aliphatic carbocycles. The lowest BCUT2D eigenvalue weighted by Gasteiger charge is -2.13. The number of aryl methyl sites for hydroxylation is 1. The molecule has 2 aliphatic rings. The number of phenols is 1. The lowest BCUT2D eigenvalue weighted by atomic mass is 9.89. The van der Waals surface area contributed by atoms with Crippen LogP contribution in [0.4, 0.5) is 5.69 Å². The van der Waals surface area contributed by atoms with Crippen molar-refractivity contribution in [3.8, 4) is 28.1 Å². The van der Waals surface area contributed by atoms with Gasteiger partial charge in [0, 0.05) is 40.9 Å². The molecule has 4 aromatic rings. The molecular formula is C30H23ClN2O3. The molecule has 0 bridgehead atoms. The van der Waals surface area contributed by atoms with E-state index in [1.165, 1.54) is 0 Å². The van der Waals surface area contributed by atoms with Gasteiger partial charge in [-0.15, -0.1) is 0 Å². The summed E-state index contributed by atoms with van der Waals surface area (Å²) in [6.45, 7) is 1.99. The Bertz CT molecular complexity index is 1550. The number of fused-ring (bicyclic) bond motifs is 2. The van der Waals surface area contributed by atoms with Crippen LogP contribution in [0.25, 0.3) is 22.4 Å². The first-order valence-electron chi connectivity index (χ1n) is 11.9. The SMILES string of the molecule is Cc1ccc(C2CC23C(=O)Nc2cc(Cl)c(-c4ccc(-c5ccccc5O)cn4)cc23)cc1CC=O.